The second-order valence-electron chi connectivity index (χ2n) is 5.78. The van der Waals surface area contributed by atoms with Crippen molar-refractivity contribution in [2.75, 3.05) is 26.2 Å². The second-order valence-corrected chi connectivity index (χ2v) is 5.78. The van der Waals surface area contributed by atoms with E-state index in [4.69, 9.17) is 0 Å². The van der Waals surface area contributed by atoms with Gasteiger partial charge in [-0.1, -0.05) is 38.7 Å². The third-order valence-corrected chi connectivity index (χ3v) is 4.10. The number of nitrogens with one attached hydrogen (secondary N) is 1. The van der Waals surface area contributed by atoms with Crippen molar-refractivity contribution in [3.05, 3.63) is 11.6 Å². The molecule has 1 amide bonds. The fourth-order valence-electron chi connectivity index (χ4n) is 2.76. The largest absolute Gasteiger partial charge is 0.351 e. The zero-order valence-electron chi connectivity index (χ0n) is 13.4. The Labute approximate surface area is 124 Å². The van der Waals surface area contributed by atoms with Gasteiger partial charge in [-0.25, -0.2) is 0 Å². The van der Waals surface area contributed by atoms with Crippen molar-refractivity contribution in [3.63, 3.8) is 0 Å². The van der Waals surface area contributed by atoms with E-state index in [9.17, 15) is 4.79 Å². The maximum atomic E-state index is 12.1. The summed E-state index contributed by atoms with van der Waals surface area (Å²) in [4.78, 5) is 14.5. The van der Waals surface area contributed by atoms with Crippen LogP contribution in [-0.2, 0) is 4.79 Å². The number of carbonyl (C=O) groups is 1. The van der Waals surface area contributed by atoms with Crippen LogP contribution in [0.3, 0.4) is 0 Å². The molecule has 0 aromatic rings. The van der Waals surface area contributed by atoms with Crippen molar-refractivity contribution in [2.45, 2.75) is 65.2 Å². The minimum Gasteiger partial charge on any atom is -0.351 e. The molecule has 0 saturated carbocycles. The number of amides is 1. The highest BCUT2D eigenvalue weighted by Crippen LogP contribution is 2.11. The predicted octanol–water partition coefficient (Wildman–Crippen LogP) is 3.51. The number of hydrogen-bond acceptors (Lipinski definition) is 2. The normalized spacial score (nSPS) is 16.6. The van der Waals surface area contributed by atoms with Crippen molar-refractivity contribution >= 4 is 5.91 Å². The lowest BCUT2D eigenvalue weighted by Gasteiger charge is -2.15. The van der Waals surface area contributed by atoms with Crippen molar-refractivity contribution in [1.82, 2.24) is 10.2 Å². The molecule has 0 aromatic heterocycles. The Bertz CT molecular complexity index is 293. The number of carbonyl (C=O) groups excluding carboxylic acids is 1. The van der Waals surface area contributed by atoms with E-state index in [0.717, 1.165) is 31.5 Å². The Morgan fingerprint density at radius 3 is 2.50 bits per heavy atom. The Balaban J connectivity index is 2.11. The van der Waals surface area contributed by atoms with E-state index in [0.29, 0.717) is 0 Å². The van der Waals surface area contributed by atoms with Crippen LogP contribution in [0.5, 0.6) is 0 Å². The molecule has 0 atom stereocenters. The summed E-state index contributed by atoms with van der Waals surface area (Å²) in [6.07, 6.45) is 11.8. The average molecular weight is 280 g/mol. The van der Waals surface area contributed by atoms with Crippen molar-refractivity contribution < 1.29 is 4.79 Å². The van der Waals surface area contributed by atoms with Crippen LogP contribution in [0.25, 0.3) is 0 Å². The molecule has 3 nitrogen and oxygen atoms in total. The lowest BCUT2D eigenvalue weighted by molar-refractivity contribution is -0.117. The molecule has 0 bridgehead atoms. The Kier molecular flexibility index (Phi) is 9.38. The summed E-state index contributed by atoms with van der Waals surface area (Å²) in [5.41, 5.74) is 0.961. The summed E-state index contributed by atoms with van der Waals surface area (Å²) in [5, 5.41) is 3.06. The molecule has 1 fully saturated rings. The number of likely N-dealkylation sites (tertiary alicyclic amines) is 1. The second kappa shape index (κ2) is 10.9. The minimum atomic E-state index is 0.141. The minimum absolute atomic E-state index is 0.141. The van der Waals surface area contributed by atoms with Gasteiger partial charge in [0.2, 0.25) is 5.91 Å². The summed E-state index contributed by atoms with van der Waals surface area (Å²) in [6.45, 7) is 8.38. The highest BCUT2D eigenvalue weighted by molar-refractivity contribution is 5.93. The molecular formula is C17H32N2O. The summed E-state index contributed by atoms with van der Waals surface area (Å²) in [7, 11) is 0. The quantitative estimate of drug-likeness (QED) is 0.490. The van der Waals surface area contributed by atoms with Gasteiger partial charge in [0.15, 0.2) is 0 Å². The first-order valence-corrected chi connectivity index (χ1v) is 8.43. The van der Waals surface area contributed by atoms with Crippen LogP contribution in [0.1, 0.15) is 65.2 Å². The monoisotopic (exact) mass is 280 g/mol. The molecule has 20 heavy (non-hydrogen) atoms. The number of rotatable bonds is 10. The van der Waals surface area contributed by atoms with Gasteiger partial charge in [0, 0.05) is 18.7 Å². The van der Waals surface area contributed by atoms with E-state index in [1.807, 2.05) is 13.0 Å². The van der Waals surface area contributed by atoms with Gasteiger partial charge in [0.1, 0.15) is 0 Å². The highest BCUT2D eigenvalue weighted by atomic mass is 16.1. The molecular weight excluding hydrogens is 248 g/mol. The molecule has 0 spiro atoms. The Morgan fingerprint density at radius 2 is 1.85 bits per heavy atom. The van der Waals surface area contributed by atoms with Crippen molar-refractivity contribution in [1.29, 1.82) is 0 Å². The molecule has 1 saturated heterocycles. The Morgan fingerprint density at radius 1 is 1.15 bits per heavy atom. The maximum Gasteiger partial charge on any atom is 0.246 e. The van der Waals surface area contributed by atoms with Gasteiger partial charge in [0.05, 0.1) is 0 Å². The molecule has 0 aromatic carbocycles. The zero-order chi connectivity index (χ0) is 14.6. The van der Waals surface area contributed by atoms with Gasteiger partial charge in [0.25, 0.3) is 0 Å². The summed E-state index contributed by atoms with van der Waals surface area (Å²) < 4.78 is 0. The van der Waals surface area contributed by atoms with E-state index in [1.165, 1.54) is 51.6 Å². The summed E-state index contributed by atoms with van der Waals surface area (Å²) in [5.74, 6) is 0.141. The number of allylic oxidation sites excluding steroid dienone is 1. The van der Waals surface area contributed by atoms with Crippen LogP contribution in [0, 0.1) is 0 Å². The van der Waals surface area contributed by atoms with E-state index in [-0.39, 0.29) is 5.91 Å². The Hall–Kier alpha value is -0.830. The van der Waals surface area contributed by atoms with E-state index in [1.54, 1.807) is 0 Å². The standard InChI is InChI=1S/C17H32N2O/c1-3-5-6-7-8-11-16(4-2)17(20)18-12-15-19-13-9-10-14-19/h4H,3,5-15H2,1-2H3,(H,18,20). The van der Waals surface area contributed by atoms with E-state index in [2.05, 4.69) is 17.1 Å². The van der Waals surface area contributed by atoms with Gasteiger partial charge >= 0.3 is 0 Å². The van der Waals surface area contributed by atoms with E-state index >= 15 is 0 Å². The van der Waals surface area contributed by atoms with Crippen LogP contribution in [0.2, 0.25) is 0 Å². The molecule has 1 aliphatic heterocycles. The van der Waals surface area contributed by atoms with Crippen LogP contribution < -0.4 is 5.32 Å². The average Bonchev–Trinajstić information content (AvgIpc) is 2.96. The van der Waals surface area contributed by atoms with Gasteiger partial charge in [-0.05, 0) is 45.7 Å². The molecule has 1 N–H and O–H groups in total. The summed E-state index contributed by atoms with van der Waals surface area (Å²) >= 11 is 0. The molecule has 1 aliphatic rings. The smallest absolute Gasteiger partial charge is 0.246 e. The molecule has 0 aliphatic carbocycles. The van der Waals surface area contributed by atoms with Crippen LogP contribution in [-0.4, -0.2) is 37.0 Å². The molecule has 116 valence electrons. The number of hydrogen-bond donors (Lipinski definition) is 1. The lowest BCUT2D eigenvalue weighted by Crippen LogP contribution is -2.34. The molecule has 0 radical (unpaired) electrons. The number of nitrogens with zero attached hydrogens (tertiary/aromatic N) is 1. The fraction of sp³-hybridized carbons (Fsp3) is 0.824. The zero-order valence-corrected chi connectivity index (χ0v) is 13.4. The highest BCUT2D eigenvalue weighted by Gasteiger charge is 2.12. The van der Waals surface area contributed by atoms with Crippen molar-refractivity contribution in [3.8, 4) is 0 Å². The van der Waals surface area contributed by atoms with Gasteiger partial charge < -0.3 is 10.2 Å². The first kappa shape index (κ1) is 17.2. The summed E-state index contributed by atoms with van der Waals surface area (Å²) in [6, 6.07) is 0. The van der Waals surface area contributed by atoms with Gasteiger partial charge in [-0.3, -0.25) is 4.79 Å². The predicted molar refractivity (Wildman–Crippen MR) is 85.8 cm³/mol. The first-order chi connectivity index (χ1) is 9.77. The molecule has 3 heteroatoms. The molecule has 1 heterocycles. The molecule has 0 unspecified atom stereocenters. The lowest BCUT2D eigenvalue weighted by atomic mass is 10.1. The first-order valence-electron chi connectivity index (χ1n) is 8.43. The van der Waals surface area contributed by atoms with Crippen LogP contribution in [0.15, 0.2) is 11.6 Å². The van der Waals surface area contributed by atoms with Gasteiger partial charge in [-0.15, -0.1) is 0 Å². The SMILES string of the molecule is CC=C(CCCCCCC)C(=O)NCCN1CCCC1. The third-order valence-electron chi connectivity index (χ3n) is 4.10. The third kappa shape index (κ3) is 7.09. The topological polar surface area (TPSA) is 32.3 Å². The van der Waals surface area contributed by atoms with E-state index < -0.39 is 0 Å². The van der Waals surface area contributed by atoms with Crippen LogP contribution >= 0.6 is 0 Å². The number of unbranched alkanes of at least 4 members (excludes halogenated alkanes) is 4. The van der Waals surface area contributed by atoms with Gasteiger partial charge in [-0.2, -0.15) is 0 Å². The maximum absolute atomic E-state index is 12.1. The van der Waals surface area contributed by atoms with Crippen molar-refractivity contribution in [2.24, 2.45) is 0 Å². The fourth-order valence-corrected chi connectivity index (χ4v) is 2.76. The molecule has 1 rings (SSSR count). The van der Waals surface area contributed by atoms with Crippen LogP contribution in [0.4, 0.5) is 0 Å².